The number of nitrogens with zero attached hydrogens (tertiary/aromatic N) is 1. The highest BCUT2D eigenvalue weighted by atomic mass is 127. The Morgan fingerprint density at radius 2 is 1.67 bits per heavy atom. The van der Waals surface area contributed by atoms with E-state index < -0.39 is 6.10 Å². The van der Waals surface area contributed by atoms with Crippen molar-refractivity contribution in [1.29, 1.82) is 0 Å². The number of hydrogen-bond donors (Lipinski definition) is 1. The lowest BCUT2D eigenvalue weighted by molar-refractivity contribution is 0.0460. The van der Waals surface area contributed by atoms with E-state index in [2.05, 4.69) is 27.5 Å². The van der Waals surface area contributed by atoms with Gasteiger partial charge in [0.15, 0.2) is 0 Å². The summed E-state index contributed by atoms with van der Waals surface area (Å²) in [6.07, 6.45) is -0.544. The van der Waals surface area contributed by atoms with Gasteiger partial charge in [0, 0.05) is 37.4 Å². The summed E-state index contributed by atoms with van der Waals surface area (Å²) in [6, 6.07) is 7.77. The number of aliphatic hydroxyl groups is 1. The van der Waals surface area contributed by atoms with E-state index in [1.165, 1.54) is 0 Å². The molecule has 0 aliphatic carbocycles. The lowest BCUT2D eigenvalue weighted by Crippen LogP contribution is -2.39. The molecule has 0 spiro atoms. The molecule has 0 aliphatic heterocycles. The number of rotatable bonds is 11. The highest BCUT2D eigenvalue weighted by Gasteiger charge is 2.12. The average Bonchev–Trinajstić information content (AvgIpc) is 2.49. The molecule has 0 heterocycles. The zero-order chi connectivity index (χ0) is 15.5. The molecule has 0 fully saturated rings. The molecule has 1 rings (SSSR count). The van der Waals surface area contributed by atoms with Gasteiger partial charge in [0.05, 0.1) is 13.2 Å². The maximum absolute atomic E-state index is 10.1. The molecule has 1 atom stereocenters. The third-order valence-electron chi connectivity index (χ3n) is 2.95. The second-order valence-corrected chi connectivity index (χ2v) is 5.95. The van der Waals surface area contributed by atoms with Crippen LogP contribution < -0.4 is 4.74 Å². The molecule has 1 aromatic carbocycles. The second kappa shape index (κ2) is 11.2. The Morgan fingerprint density at radius 3 is 2.19 bits per heavy atom. The smallest absolute Gasteiger partial charge is 0.119 e. The summed E-state index contributed by atoms with van der Waals surface area (Å²) in [5, 5.41) is 10.1. The number of hydrogen-bond acceptors (Lipinski definition) is 5. The van der Waals surface area contributed by atoms with Crippen LogP contribution >= 0.6 is 22.6 Å². The van der Waals surface area contributed by atoms with Gasteiger partial charge < -0.3 is 19.3 Å². The van der Waals surface area contributed by atoms with E-state index in [-0.39, 0.29) is 6.61 Å². The maximum Gasteiger partial charge on any atom is 0.119 e. The van der Waals surface area contributed by atoms with Gasteiger partial charge in [0.2, 0.25) is 0 Å². The quantitative estimate of drug-likeness (QED) is 0.564. The van der Waals surface area contributed by atoms with Crippen molar-refractivity contribution in [2.75, 3.05) is 53.7 Å². The van der Waals surface area contributed by atoms with E-state index in [0.29, 0.717) is 19.8 Å². The summed E-state index contributed by atoms with van der Waals surface area (Å²) < 4.78 is 16.9. The van der Waals surface area contributed by atoms with Gasteiger partial charge in [-0.25, -0.2) is 0 Å². The van der Waals surface area contributed by atoms with Crippen molar-refractivity contribution in [3.63, 3.8) is 0 Å². The maximum atomic E-state index is 10.1. The normalized spacial score (nSPS) is 12.6. The van der Waals surface area contributed by atoms with Crippen molar-refractivity contribution in [3.05, 3.63) is 27.8 Å². The summed E-state index contributed by atoms with van der Waals surface area (Å²) in [7, 11) is 3.34. The fourth-order valence-electron chi connectivity index (χ4n) is 1.81. The third kappa shape index (κ3) is 8.57. The Hall–Kier alpha value is -0.410. The Balaban J connectivity index is 2.34. The number of halogens is 1. The second-order valence-electron chi connectivity index (χ2n) is 4.70. The molecule has 0 radical (unpaired) electrons. The van der Waals surface area contributed by atoms with Gasteiger partial charge >= 0.3 is 0 Å². The SMILES string of the molecule is COCCN(CCOC)CC(O)COc1ccc(I)cc1. The molecular weight excluding hydrogens is 385 g/mol. The van der Waals surface area contributed by atoms with Crippen LogP contribution in [0.4, 0.5) is 0 Å². The van der Waals surface area contributed by atoms with Crippen LogP contribution in [0.3, 0.4) is 0 Å². The molecule has 1 aromatic rings. The first-order valence-electron chi connectivity index (χ1n) is 6.92. The molecule has 0 saturated heterocycles. The van der Waals surface area contributed by atoms with Gasteiger partial charge in [-0.2, -0.15) is 0 Å². The van der Waals surface area contributed by atoms with Crippen LogP contribution in [0.1, 0.15) is 0 Å². The van der Waals surface area contributed by atoms with E-state index in [1.807, 2.05) is 24.3 Å². The van der Waals surface area contributed by atoms with Crippen LogP contribution in [-0.2, 0) is 9.47 Å². The number of benzene rings is 1. The molecule has 21 heavy (non-hydrogen) atoms. The van der Waals surface area contributed by atoms with Crippen LogP contribution in [0, 0.1) is 3.57 Å². The van der Waals surface area contributed by atoms with Gasteiger partial charge in [-0.1, -0.05) is 0 Å². The van der Waals surface area contributed by atoms with E-state index in [0.717, 1.165) is 22.4 Å². The van der Waals surface area contributed by atoms with Crippen LogP contribution in [0.5, 0.6) is 5.75 Å². The molecular formula is C15H24INO4. The van der Waals surface area contributed by atoms with E-state index in [1.54, 1.807) is 14.2 Å². The van der Waals surface area contributed by atoms with Crippen molar-refractivity contribution in [2.45, 2.75) is 6.10 Å². The van der Waals surface area contributed by atoms with Crippen molar-refractivity contribution in [1.82, 2.24) is 4.90 Å². The van der Waals surface area contributed by atoms with Crippen molar-refractivity contribution < 1.29 is 19.3 Å². The molecule has 0 amide bonds. The molecule has 1 unspecified atom stereocenters. The lowest BCUT2D eigenvalue weighted by Gasteiger charge is -2.24. The molecule has 0 bridgehead atoms. The topological polar surface area (TPSA) is 51.2 Å². The Bertz CT molecular complexity index is 366. The highest BCUT2D eigenvalue weighted by molar-refractivity contribution is 14.1. The number of ether oxygens (including phenoxy) is 3. The molecule has 5 nitrogen and oxygen atoms in total. The Morgan fingerprint density at radius 1 is 1.10 bits per heavy atom. The van der Waals surface area contributed by atoms with Crippen molar-refractivity contribution in [2.24, 2.45) is 0 Å². The Kier molecular flexibility index (Phi) is 9.94. The Labute approximate surface area is 140 Å². The predicted molar refractivity (Wildman–Crippen MR) is 90.9 cm³/mol. The summed E-state index contributed by atoms with van der Waals surface area (Å²) in [6.45, 7) is 3.61. The minimum absolute atomic E-state index is 0.275. The van der Waals surface area contributed by atoms with Crippen molar-refractivity contribution in [3.8, 4) is 5.75 Å². The molecule has 0 aromatic heterocycles. The van der Waals surface area contributed by atoms with Gasteiger partial charge in [-0.15, -0.1) is 0 Å². The van der Waals surface area contributed by atoms with Crippen LogP contribution in [-0.4, -0.2) is 69.8 Å². The summed E-state index contributed by atoms with van der Waals surface area (Å²) >= 11 is 2.24. The fraction of sp³-hybridized carbons (Fsp3) is 0.600. The first-order valence-corrected chi connectivity index (χ1v) is 8.00. The fourth-order valence-corrected chi connectivity index (χ4v) is 2.17. The molecule has 6 heteroatoms. The molecule has 0 saturated carbocycles. The van der Waals surface area contributed by atoms with Gasteiger partial charge in [-0.3, -0.25) is 4.90 Å². The van der Waals surface area contributed by atoms with E-state index >= 15 is 0 Å². The van der Waals surface area contributed by atoms with E-state index in [4.69, 9.17) is 14.2 Å². The van der Waals surface area contributed by atoms with Gasteiger partial charge in [0.1, 0.15) is 18.5 Å². The van der Waals surface area contributed by atoms with E-state index in [9.17, 15) is 5.11 Å². The highest BCUT2D eigenvalue weighted by Crippen LogP contribution is 2.13. The monoisotopic (exact) mass is 409 g/mol. The van der Waals surface area contributed by atoms with Crippen LogP contribution in [0.2, 0.25) is 0 Å². The zero-order valence-electron chi connectivity index (χ0n) is 12.6. The summed E-state index contributed by atoms with van der Waals surface area (Å²) in [5.74, 6) is 0.773. The summed E-state index contributed by atoms with van der Waals surface area (Å²) in [5.41, 5.74) is 0. The predicted octanol–water partition coefficient (Wildman–Crippen LogP) is 1.63. The van der Waals surface area contributed by atoms with Gasteiger partial charge in [-0.05, 0) is 46.9 Å². The minimum atomic E-state index is -0.544. The first-order chi connectivity index (χ1) is 10.2. The molecule has 1 N–H and O–H groups in total. The molecule has 0 aliphatic rings. The average molecular weight is 409 g/mol. The van der Waals surface area contributed by atoms with Crippen LogP contribution in [0.15, 0.2) is 24.3 Å². The molecule has 120 valence electrons. The van der Waals surface area contributed by atoms with Gasteiger partial charge in [0.25, 0.3) is 0 Å². The third-order valence-corrected chi connectivity index (χ3v) is 3.67. The minimum Gasteiger partial charge on any atom is -0.491 e. The number of methoxy groups -OCH3 is 2. The van der Waals surface area contributed by atoms with Crippen LogP contribution in [0.25, 0.3) is 0 Å². The lowest BCUT2D eigenvalue weighted by atomic mass is 10.3. The number of aliphatic hydroxyl groups excluding tert-OH is 1. The standard InChI is InChI=1S/C15H24INO4/c1-19-9-7-17(8-10-20-2)11-14(18)12-21-15-5-3-13(16)4-6-15/h3-6,14,18H,7-12H2,1-2H3. The summed E-state index contributed by atoms with van der Waals surface area (Å²) in [4.78, 5) is 2.11. The van der Waals surface area contributed by atoms with Crippen molar-refractivity contribution >= 4 is 22.6 Å². The zero-order valence-corrected chi connectivity index (χ0v) is 14.8. The first kappa shape index (κ1) is 18.6. The largest absolute Gasteiger partial charge is 0.491 e.